The summed E-state index contributed by atoms with van der Waals surface area (Å²) in [5, 5.41) is 11.9. The average molecular weight is 266 g/mol. The summed E-state index contributed by atoms with van der Waals surface area (Å²) >= 11 is 0. The van der Waals surface area contributed by atoms with Crippen LogP contribution in [0.1, 0.15) is 23.2 Å². The van der Waals surface area contributed by atoms with Crippen LogP contribution in [-0.2, 0) is 4.74 Å². The Morgan fingerprint density at radius 1 is 1.42 bits per heavy atom. The van der Waals surface area contributed by atoms with Crippen molar-refractivity contribution in [2.45, 2.75) is 18.9 Å². The minimum Gasteiger partial charge on any atom is -0.494 e. The summed E-state index contributed by atoms with van der Waals surface area (Å²) in [4.78, 5) is 12.1. The van der Waals surface area contributed by atoms with Gasteiger partial charge in [0.1, 0.15) is 11.4 Å². The standard InChI is InChI=1S/C13H18N2O4/c1-18-12-8-9(2-3-11(12)15-17)13(16)14-10-4-6-19-7-5-10/h2-3,8,10,15,17H,4-7H2,1H3,(H,14,16). The van der Waals surface area contributed by atoms with Crippen molar-refractivity contribution in [2.24, 2.45) is 0 Å². The molecule has 2 rings (SSSR count). The van der Waals surface area contributed by atoms with Gasteiger partial charge < -0.3 is 14.8 Å². The molecule has 19 heavy (non-hydrogen) atoms. The first-order valence-electron chi connectivity index (χ1n) is 6.21. The topological polar surface area (TPSA) is 79.8 Å². The first-order chi connectivity index (χ1) is 9.24. The Hall–Kier alpha value is -1.79. The Bertz CT molecular complexity index is 444. The molecule has 0 unspecified atom stereocenters. The number of ether oxygens (including phenoxy) is 2. The van der Waals surface area contributed by atoms with Crippen LogP contribution in [0.4, 0.5) is 5.69 Å². The molecule has 1 saturated heterocycles. The minimum atomic E-state index is -0.144. The number of anilines is 1. The maximum Gasteiger partial charge on any atom is 0.251 e. The smallest absolute Gasteiger partial charge is 0.251 e. The highest BCUT2D eigenvalue weighted by atomic mass is 16.5. The Labute approximate surface area is 111 Å². The van der Waals surface area contributed by atoms with Crippen molar-refractivity contribution in [3.8, 4) is 5.75 Å². The summed E-state index contributed by atoms with van der Waals surface area (Å²) in [6.45, 7) is 1.36. The second-order valence-electron chi connectivity index (χ2n) is 4.39. The third-order valence-corrected chi connectivity index (χ3v) is 3.14. The van der Waals surface area contributed by atoms with E-state index in [-0.39, 0.29) is 11.9 Å². The van der Waals surface area contributed by atoms with Gasteiger partial charge in [-0.3, -0.25) is 15.5 Å². The zero-order valence-electron chi connectivity index (χ0n) is 10.8. The fourth-order valence-corrected chi connectivity index (χ4v) is 2.04. The van der Waals surface area contributed by atoms with Crippen LogP contribution in [0.25, 0.3) is 0 Å². The molecule has 0 atom stereocenters. The predicted molar refractivity (Wildman–Crippen MR) is 69.7 cm³/mol. The van der Waals surface area contributed by atoms with E-state index in [1.807, 2.05) is 5.48 Å². The Morgan fingerprint density at radius 3 is 2.79 bits per heavy atom. The second-order valence-corrected chi connectivity index (χ2v) is 4.39. The zero-order chi connectivity index (χ0) is 13.7. The van der Waals surface area contributed by atoms with Gasteiger partial charge >= 0.3 is 0 Å². The van der Waals surface area contributed by atoms with Crippen LogP contribution in [0.3, 0.4) is 0 Å². The Kier molecular flexibility index (Phi) is 4.59. The molecule has 1 aromatic carbocycles. The molecule has 1 aromatic rings. The van der Waals surface area contributed by atoms with Gasteiger partial charge in [-0.2, -0.15) is 0 Å². The van der Waals surface area contributed by atoms with Gasteiger partial charge in [0.2, 0.25) is 0 Å². The van der Waals surface area contributed by atoms with Crippen molar-refractivity contribution < 1.29 is 19.5 Å². The number of amides is 1. The molecule has 0 spiro atoms. The average Bonchev–Trinajstić information content (AvgIpc) is 2.47. The number of hydrogen-bond donors (Lipinski definition) is 3. The number of carbonyl (C=O) groups is 1. The normalized spacial score (nSPS) is 15.9. The summed E-state index contributed by atoms with van der Waals surface area (Å²) in [5.74, 6) is 0.275. The van der Waals surface area contributed by atoms with E-state index in [0.29, 0.717) is 30.2 Å². The molecule has 6 nitrogen and oxygen atoms in total. The lowest BCUT2D eigenvalue weighted by Gasteiger charge is -2.23. The number of nitrogens with one attached hydrogen (secondary N) is 2. The molecule has 1 heterocycles. The quantitative estimate of drug-likeness (QED) is 0.718. The fourth-order valence-electron chi connectivity index (χ4n) is 2.04. The highest BCUT2D eigenvalue weighted by Gasteiger charge is 2.17. The van der Waals surface area contributed by atoms with Gasteiger partial charge in [-0.1, -0.05) is 0 Å². The van der Waals surface area contributed by atoms with Crippen LogP contribution < -0.4 is 15.5 Å². The summed E-state index contributed by atoms with van der Waals surface area (Å²) < 4.78 is 10.3. The van der Waals surface area contributed by atoms with E-state index in [1.165, 1.54) is 7.11 Å². The van der Waals surface area contributed by atoms with Gasteiger partial charge in [0.05, 0.1) is 7.11 Å². The van der Waals surface area contributed by atoms with Gasteiger partial charge in [0, 0.05) is 24.8 Å². The molecule has 3 N–H and O–H groups in total. The lowest BCUT2D eigenvalue weighted by Crippen LogP contribution is -2.38. The molecule has 0 saturated carbocycles. The van der Waals surface area contributed by atoms with E-state index in [2.05, 4.69) is 5.32 Å². The van der Waals surface area contributed by atoms with E-state index in [4.69, 9.17) is 14.7 Å². The van der Waals surface area contributed by atoms with Crippen molar-refractivity contribution in [3.63, 3.8) is 0 Å². The number of benzene rings is 1. The van der Waals surface area contributed by atoms with Crippen LogP contribution >= 0.6 is 0 Å². The van der Waals surface area contributed by atoms with Crippen molar-refractivity contribution in [1.29, 1.82) is 0 Å². The van der Waals surface area contributed by atoms with Crippen molar-refractivity contribution >= 4 is 11.6 Å². The van der Waals surface area contributed by atoms with Crippen molar-refractivity contribution in [2.75, 3.05) is 25.8 Å². The highest BCUT2D eigenvalue weighted by Crippen LogP contribution is 2.25. The van der Waals surface area contributed by atoms with Crippen LogP contribution in [0.15, 0.2) is 18.2 Å². The number of carbonyl (C=O) groups excluding carboxylic acids is 1. The molecular weight excluding hydrogens is 248 g/mol. The molecule has 1 aliphatic rings. The molecule has 0 bridgehead atoms. The van der Waals surface area contributed by atoms with E-state index in [1.54, 1.807) is 18.2 Å². The van der Waals surface area contributed by atoms with Gasteiger partial charge in [0.25, 0.3) is 5.91 Å². The third-order valence-electron chi connectivity index (χ3n) is 3.14. The van der Waals surface area contributed by atoms with Crippen LogP contribution in [-0.4, -0.2) is 37.5 Å². The van der Waals surface area contributed by atoms with Gasteiger partial charge in [-0.05, 0) is 31.0 Å². The SMILES string of the molecule is COc1cc(C(=O)NC2CCOCC2)ccc1NO. The zero-order valence-corrected chi connectivity index (χ0v) is 10.8. The monoisotopic (exact) mass is 266 g/mol. The summed E-state index contributed by atoms with van der Waals surface area (Å²) in [5.41, 5.74) is 2.94. The van der Waals surface area contributed by atoms with Gasteiger partial charge in [0.15, 0.2) is 0 Å². The van der Waals surface area contributed by atoms with Crippen molar-refractivity contribution in [3.05, 3.63) is 23.8 Å². The lowest BCUT2D eigenvalue weighted by molar-refractivity contribution is 0.0696. The lowest BCUT2D eigenvalue weighted by atomic mass is 10.1. The van der Waals surface area contributed by atoms with E-state index >= 15 is 0 Å². The van der Waals surface area contributed by atoms with Gasteiger partial charge in [-0.25, -0.2) is 0 Å². The molecular formula is C13H18N2O4. The third kappa shape index (κ3) is 3.36. The number of rotatable bonds is 4. The molecule has 1 amide bonds. The fraction of sp³-hybridized carbons (Fsp3) is 0.462. The molecule has 0 aromatic heterocycles. The first kappa shape index (κ1) is 13.6. The molecule has 1 fully saturated rings. The van der Waals surface area contributed by atoms with E-state index in [9.17, 15) is 4.79 Å². The van der Waals surface area contributed by atoms with Crippen LogP contribution in [0.2, 0.25) is 0 Å². The maximum atomic E-state index is 12.1. The molecule has 104 valence electrons. The predicted octanol–water partition coefficient (Wildman–Crippen LogP) is 1.41. The molecule has 6 heteroatoms. The number of hydrogen-bond acceptors (Lipinski definition) is 5. The van der Waals surface area contributed by atoms with E-state index < -0.39 is 0 Å². The Morgan fingerprint density at radius 2 is 2.16 bits per heavy atom. The molecule has 0 radical (unpaired) electrons. The summed E-state index contributed by atoms with van der Waals surface area (Å²) in [7, 11) is 1.48. The van der Waals surface area contributed by atoms with E-state index in [0.717, 1.165) is 12.8 Å². The summed E-state index contributed by atoms with van der Waals surface area (Å²) in [6, 6.07) is 4.98. The van der Waals surface area contributed by atoms with Crippen LogP contribution in [0.5, 0.6) is 5.75 Å². The van der Waals surface area contributed by atoms with Crippen LogP contribution in [0, 0.1) is 0 Å². The summed E-state index contributed by atoms with van der Waals surface area (Å²) in [6.07, 6.45) is 1.66. The first-order valence-corrected chi connectivity index (χ1v) is 6.21. The second kappa shape index (κ2) is 6.40. The van der Waals surface area contributed by atoms with Gasteiger partial charge in [-0.15, -0.1) is 0 Å². The number of methoxy groups -OCH3 is 1. The molecule has 1 aliphatic heterocycles. The van der Waals surface area contributed by atoms with Crippen molar-refractivity contribution in [1.82, 2.24) is 5.32 Å². The molecule has 0 aliphatic carbocycles. The largest absolute Gasteiger partial charge is 0.494 e. The highest BCUT2D eigenvalue weighted by molar-refractivity contribution is 5.95. The minimum absolute atomic E-state index is 0.144. The maximum absolute atomic E-state index is 12.1. The Balaban J connectivity index is 2.05.